The number of aryl methyl sites for hydroxylation is 1. The monoisotopic (exact) mass is 418 g/mol. The Morgan fingerprint density at radius 2 is 1.10 bits per heavy atom. The molecule has 30 heavy (non-hydrogen) atoms. The fourth-order valence-electron chi connectivity index (χ4n) is 3.42. The molecule has 0 bridgehead atoms. The van der Waals surface area contributed by atoms with E-state index < -0.39 is 75.5 Å². The number of benzene rings is 3. The molecule has 2 N–H and O–H groups in total. The van der Waals surface area contributed by atoms with Crippen molar-refractivity contribution >= 4 is 44.3 Å². The van der Waals surface area contributed by atoms with E-state index in [0.29, 0.717) is 12.1 Å². The van der Waals surface area contributed by atoms with Gasteiger partial charge in [0.1, 0.15) is 33.0 Å². The Hall–Kier alpha value is -4.62. The molecule has 14 nitrogen and oxygen atoms in total. The maximum atomic E-state index is 11.7. The van der Waals surface area contributed by atoms with Crippen molar-refractivity contribution in [3.8, 4) is 11.5 Å². The van der Waals surface area contributed by atoms with Crippen LogP contribution in [-0.4, -0.2) is 29.9 Å². The first-order valence-corrected chi connectivity index (χ1v) is 8.10. The van der Waals surface area contributed by atoms with Gasteiger partial charge in [-0.3, -0.25) is 40.5 Å². The highest BCUT2D eigenvalue weighted by atomic mass is 16.6. The van der Waals surface area contributed by atoms with E-state index in [1.165, 1.54) is 6.92 Å². The first-order chi connectivity index (χ1) is 14.0. The van der Waals surface area contributed by atoms with Crippen LogP contribution in [-0.2, 0) is 6.42 Å². The Balaban J connectivity index is 2.85. The molecule has 3 aromatic rings. The maximum absolute atomic E-state index is 11.7. The van der Waals surface area contributed by atoms with Crippen LogP contribution in [0.5, 0.6) is 11.5 Å². The third-order valence-corrected chi connectivity index (χ3v) is 4.62. The standard InChI is InChI=1S/C16H10N4O10/c1-2-6-5-9(19(27)28)12-13(14(6)20(29)30)16(22)11-8(18(25)26)4-3-7(17(23)24)10(11)15(12)21/h3-5,21-22H,2H2,1H3. The van der Waals surface area contributed by atoms with Crippen LogP contribution in [0.4, 0.5) is 22.7 Å². The average molecular weight is 418 g/mol. The van der Waals surface area contributed by atoms with E-state index in [0.717, 1.165) is 6.07 Å². The van der Waals surface area contributed by atoms with Crippen molar-refractivity contribution in [2.45, 2.75) is 13.3 Å². The number of nitro groups is 4. The first kappa shape index (κ1) is 20.1. The van der Waals surface area contributed by atoms with Crippen molar-refractivity contribution in [1.29, 1.82) is 0 Å². The lowest BCUT2D eigenvalue weighted by Crippen LogP contribution is -2.02. The number of phenolic OH excluding ortho intramolecular Hbond substituents is 2. The van der Waals surface area contributed by atoms with Crippen LogP contribution >= 0.6 is 0 Å². The predicted octanol–water partition coefficient (Wildman–Crippen LogP) is 3.60. The van der Waals surface area contributed by atoms with Crippen molar-refractivity contribution in [2.75, 3.05) is 0 Å². The van der Waals surface area contributed by atoms with Gasteiger partial charge in [-0.2, -0.15) is 0 Å². The van der Waals surface area contributed by atoms with Gasteiger partial charge in [-0.25, -0.2) is 0 Å². The predicted molar refractivity (Wildman–Crippen MR) is 101 cm³/mol. The van der Waals surface area contributed by atoms with Crippen LogP contribution in [0.3, 0.4) is 0 Å². The summed E-state index contributed by atoms with van der Waals surface area (Å²) in [6.45, 7) is 1.45. The number of nitrogens with zero attached hydrogens (tertiary/aromatic N) is 4. The molecule has 0 amide bonds. The zero-order valence-corrected chi connectivity index (χ0v) is 14.9. The number of nitro benzene ring substituents is 4. The lowest BCUT2D eigenvalue weighted by atomic mass is 9.93. The second-order valence-electron chi connectivity index (χ2n) is 6.09. The Morgan fingerprint density at radius 3 is 1.47 bits per heavy atom. The molecule has 14 heteroatoms. The minimum Gasteiger partial charge on any atom is -0.506 e. The topological polar surface area (TPSA) is 213 Å². The summed E-state index contributed by atoms with van der Waals surface area (Å²) in [7, 11) is 0. The Kier molecular flexibility index (Phi) is 4.54. The molecule has 0 fully saturated rings. The Labute approximate surface area is 164 Å². The first-order valence-electron chi connectivity index (χ1n) is 8.10. The molecule has 0 aliphatic rings. The summed E-state index contributed by atoms with van der Waals surface area (Å²) in [6, 6.07) is 2.19. The average Bonchev–Trinajstić information content (AvgIpc) is 2.68. The molecule has 0 aliphatic heterocycles. The van der Waals surface area contributed by atoms with Gasteiger partial charge in [0.15, 0.2) is 0 Å². The minimum absolute atomic E-state index is 0.0810. The van der Waals surface area contributed by atoms with Crippen molar-refractivity contribution in [1.82, 2.24) is 0 Å². The molecule has 3 rings (SSSR count). The summed E-state index contributed by atoms with van der Waals surface area (Å²) in [6.07, 6.45) is -0.0810. The van der Waals surface area contributed by atoms with Gasteiger partial charge in [0.25, 0.3) is 22.7 Å². The summed E-state index contributed by atoms with van der Waals surface area (Å²) in [5.74, 6) is -2.32. The molecular formula is C16H10N4O10. The van der Waals surface area contributed by atoms with Crippen LogP contribution in [0.15, 0.2) is 18.2 Å². The van der Waals surface area contributed by atoms with E-state index in [2.05, 4.69) is 0 Å². The van der Waals surface area contributed by atoms with Crippen molar-refractivity contribution in [3.63, 3.8) is 0 Å². The van der Waals surface area contributed by atoms with E-state index in [-0.39, 0.29) is 12.0 Å². The Bertz CT molecular complexity index is 1320. The second-order valence-corrected chi connectivity index (χ2v) is 6.09. The smallest absolute Gasteiger partial charge is 0.284 e. The highest BCUT2D eigenvalue weighted by molar-refractivity contribution is 6.21. The largest absolute Gasteiger partial charge is 0.506 e. The summed E-state index contributed by atoms with van der Waals surface area (Å²) in [4.78, 5) is 42.1. The zero-order chi connectivity index (χ0) is 22.5. The number of hydrogen-bond acceptors (Lipinski definition) is 10. The number of aromatic hydroxyl groups is 2. The fourth-order valence-corrected chi connectivity index (χ4v) is 3.42. The molecule has 0 aliphatic carbocycles. The summed E-state index contributed by atoms with van der Waals surface area (Å²) in [5.41, 5.74) is -3.62. The number of rotatable bonds is 5. The van der Waals surface area contributed by atoms with Crippen LogP contribution in [0.25, 0.3) is 21.5 Å². The van der Waals surface area contributed by atoms with Crippen molar-refractivity contribution in [3.05, 3.63) is 64.2 Å². The van der Waals surface area contributed by atoms with Gasteiger partial charge < -0.3 is 10.2 Å². The van der Waals surface area contributed by atoms with Gasteiger partial charge in [-0.1, -0.05) is 6.92 Å². The minimum atomic E-state index is -1.16. The molecule has 0 atom stereocenters. The highest BCUT2D eigenvalue weighted by Crippen LogP contribution is 2.54. The van der Waals surface area contributed by atoms with Crippen molar-refractivity contribution < 1.29 is 29.9 Å². The van der Waals surface area contributed by atoms with Gasteiger partial charge >= 0.3 is 0 Å². The summed E-state index contributed by atoms with van der Waals surface area (Å²) >= 11 is 0. The van der Waals surface area contributed by atoms with E-state index in [1.54, 1.807) is 0 Å². The van der Waals surface area contributed by atoms with Crippen LogP contribution in [0, 0.1) is 40.5 Å². The zero-order valence-electron chi connectivity index (χ0n) is 14.9. The number of phenols is 2. The van der Waals surface area contributed by atoms with Gasteiger partial charge in [0.05, 0.1) is 19.7 Å². The third kappa shape index (κ3) is 2.66. The van der Waals surface area contributed by atoms with E-state index in [1.807, 2.05) is 0 Å². The van der Waals surface area contributed by atoms with Gasteiger partial charge in [-0.15, -0.1) is 0 Å². The van der Waals surface area contributed by atoms with Crippen LogP contribution in [0.2, 0.25) is 0 Å². The quantitative estimate of drug-likeness (QED) is 0.265. The SMILES string of the molecule is CCc1cc([N+](=O)[O-])c2c(O)c3c([N+](=O)[O-])ccc([N+](=O)[O-])c3c(O)c2c1[N+](=O)[O-]. The number of fused-ring (bicyclic) bond motifs is 2. The van der Waals surface area contributed by atoms with E-state index in [9.17, 15) is 50.7 Å². The highest BCUT2D eigenvalue weighted by Gasteiger charge is 2.36. The molecule has 0 radical (unpaired) electrons. The van der Waals surface area contributed by atoms with Gasteiger partial charge in [0.2, 0.25) is 0 Å². The molecule has 0 spiro atoms. The van der Waals surface area contributed by atoms with Crippen LogP contribution < -0.4 is 0 Å². The third-order valence-electron chi connectivity index (χ3n) is 4.62. The molecule has 3 aromatic carbocycles. The lowest BCUT2D eigenvalue weighted by molar-refractivity contribution is -0.387. The van der Waals surface area contributed by atoms with Gasteiger partial charge in [0, 0.05) is 23.8 Å². The normalized spacial score (nSPS) is 11.0. The van der Waals surface area contributed by atoms with E-state index in [4.69, 9.17) is 0 Å². The fraction of sp³-hybridized carbons (Fsp3) is 0.125. The van der Waals surface area contributed by atoms with E-state index >= 15 is 0 Å². The van der Waals surface area contributed by atoms with Gasteiger partial charge in [-0.05, 0) is 6.42 Å². The number of hydrogen-bond donors (Lipinski definition) is 2. The second kappa shape index (κ2) is 6.77. The summed E-state index contributed by atoms with van der Waals surface area (Å²) < 4.78 is 0. The molecular weight excluding hydrogens is 408 g/mol. The molecule has 0 saturated carbocycles. The molecule has 154 valence electrons. The molecule has 0 aromatic heterocycles. The van der Waals surface area contributed by atoms with Crippen LogP contribution in [0.1, 0.15) is 12.5 Å². The summed E-state index contributed by atoms with van der Waals surface area (Å²) in [5, 5.41) is 64.2. The number of non-ortho nitro benzene ring substituents is 3. The lowest BCUT2D eigenvalue weighted by Gasteiger charge is -2.12. The van der Waals surface area contributed by atoms with Crippen molar-refractivity contribution in [2.24, 2.45) is 0 Å². The molecule has 0 saturated heterocycles. The molecule has 0 heterocycles. The molecule has 0 unspecified atom stereocenters. The Morgan fingerprint density at radius 1 is 0.700 bits per heavy atom. The maximum Gasteiger partial charge on any atom is 0.284 e.